The van der Waals surface area contributed by atoms with Gasteiger partial charge in [-0.1, -0.05) is 11.6 Å². The first-order valence-electron chi connectivity index (χ1n) is 9.35. The number of rotatable bonds is 3. The van der Waals surface area contributed by atoms with Crippen LogP contribution in [0, 0.1) is 6.92 Å². The molecule has 0 aliphatic carbocycles. The van der Waals surface area contributed by atoms with Gasteiger partial charge in [-0.2, -0.15) is 30.0 Å². The number of aromatic nitrogens is 3. The van der Waals surface area contributed by atoms with Gasteiger partial charge in [0.05, 0.1) is 33.3 Å². The second kappa shape index (κ2) is 8.11. The molecule has 1 N–H and O–H groups in total. The summed E-state index contributed by atoms with van der Waals surface area (Å²) in [5, 5.41) is 8.04. The van der Waals surface area contributed by atoms with Crippen molar-refractivity contribution >= 4 is 46.0 Å². The monoisotopic (exact) mass is 454 g/mol. The van der Waals surface area contributed by atoms with E-state index in [1.165, 1.54) is 18.3 Å². The number of hydrogen-bond donors (Lipinski definition) is 1. The highest BCUT2D eigenvalue weighted by molar-refractivity contribution is 7.99. The summed E-state index contributed by atoms with van der Waals surface area (Å²) in [6.45, 7) is 1.82. The number of amides is 1. The van der Waals surface area contributed by atoms with Crippen LogP contribution in [-0.2, 0) is 6.18 Å². The third-order valence-corrected chi connectivity index (χ3v) is 6.52. The zero-order valence-electron chi connectivity index (χ0n) is 16.0. The van der Waals surface area contributed by atoms with Crippen molar-refractivity contribution in [2.45, 2.75) is 32.0 Å². The first-order chi connectivity index (χ1) is 14.3. The van der Waals surface area contributed by atoms with Crippen LogP contribution in [0.4, 0.5) is 18.9 Å². The number of pyridine rings is 1. The van der Waals surface area contributed by atoms with Gasteiger partial charge in [0, 0.05) is 11.9 Å². The molecule has 0 spiro atoms. The van der Waals surface area contributed by atoms with Crippen molar-refractivity contribution in [3.63, 3.8) is 0 Å². The maximum Gasteiger partial charge on any atom is 0.416 e. The zero-order valence-corrected chi connectivity index (χ0v) is 17.5. The van der Waals surface area contributed by atoms with Crippen LogP contribution in [0.2, 0.25) is 5.02 Å². The van der Waals surface area contributed by atoms with E-state index >= 15 is 0 Å². The Morgan fingerprint density at radius 1 is 1.23 bits per heavy atom. The molecule has 0 saturated carbocycles. The van der Waals surface area contributed by atoms with Crippen LogP contribution in [0.25, 0.3) is 11.0 Å². The molecule has 1 aromatic carbocycles. The van der Waals surface area contributed by atoms with E-state index in [4.69, 9.17) is 11.6 Å². The number of nitrogens with zero attached hydrogens (tertiary/aromatic N) is 3. The van der Waals surface area contributed by atoms with Crippen LogP contribution in [0.5, 0.6) is 0 Å². The van der Waals surface area contributed by atoms with Gasteiger partial charge in [-0.25, -0.2) is 9.67 Å². The van der Waals surface area contributed by atoms with E-state index in [2.05, 4.69) is 15.4 Å². The number of hydrogen-bond acceptors (Lipinski definition) is 4. The van der Waals surface area contributed by atoms with Crippen LogP contribution in [0.15, 0.2) is 30.5 Å². The van der Waals surface area contributed by atoms with Crippen molar-refractivity contribution in [2.24, 2.45) is 0 Å². The van der Waals surface area contributed by atoms with Crippen LogP contribution < -0.4 is 5.32 Å². The van der Waals surface area contributed by atoms with Crippen molar-refractivity contribution in [3.8, 4) is 0 Å². The number of thioether (sulfide) groups is 1. The minimum atomic E-state index is -4.44. The quantitative estimate of drug-likeness (QED) is 0.548. The van der Waals surface area contributed by atoms with Crippen LogP contribution in [-0.4, -0.2) is 32.2 Å². The van der Waals surface area contributed by atoms with Gasteiger partial charge in [-0.15, -0.1) is 0 Å². The topological polar surface area (TPSA) is 59.8 Å². The molecule has 5 nitrogen and oxygen atoms in total. The largest absolute Gasteiger partial charge is 0.416 e. The number of benzene rings is 1. The lowest BCUT2D eigenvalue weighted by molar-refractivity contribution is -0.137. The standard InChI is InChI=1S/C20H18ClF3N4OS/c1-11-16-17(21)15(10-25-18(16)28(27-11)14-6-8-30-9-7-14)19(29)26-13-4-2-12(3-5-13)20(22,23)24/h2-5,10,14H,6-9H2,1H3,(H,26,29). The second-order valence-electron chi connectivity index (χ2n) is 7.09. The van der Waals surface area contributed by atoms with Gasteiger partial charge < -0.3 is 5.32 Å². The van der Waals surface area contributed by atoms with Crippen molar-refractivity contribution < 1.29 is 18.0 Å². The van der Waals surface area contributed by atoms with Gasteiger partial charge >= 0.3 is 6.18 Å². The van der Waals surface area contributed by atoms with Crippen molar-refractivity contribution in [1.82, 2.24) is 14.8 Å². The van der Waals surface area contributed by atoms with E-state index in [1.54, 1.807) is 0 Å². The van der Waals surface area contributed by atoms with E-state index in [0.29, 0.717) is 16.7 Å². The normalized spacial score (nSPS) is 15.5. The van der Waals surface area contributed by atoms with Crippen LogP contribution >= 0.6 is 23.4 Å². The number of carbonyl (C=O) groups excluding carboxylic acids is 1. The third kappa shape index (κ3) is 4.00. The summed E-state index contributed by atoms with van der Waals surface area (Å²) >= 11 is 8.45. The summed E-state index contributed by atoms with van der Waals surface area (Å²) in [6.07, 6.45) is -1.05. The molecule has 0 unspecified atom stereocenters. The Bertz CT molecular complexity index is 1090. The van der Waals surface area contributed by atoms with Crippen molar-refractivity contribution in [3.05, 3.63) is 52.3 Å². The Kier molecular flexibility index (Phi) is 5.67. The summed E-state index contributed by atoms with van der Waals surface area (Å²) in [5.41, 5.74) is 0.915. The molecule has 4 rings (SSSR count). The lowest BCUT2D eigenvalue weighted by Crippen LogP contribution is -2.17. The number of nitrogens with one attached hydrogen (secondary N) is 1. The number of anilines is 1. The Morgan fingerprint density at radius 3 is 2.53 bits per heavy atom. The number of aryl methyl sites for hydroxylation is 1. The Hall–Kier alpha value is -2.26. The average Bonchev–Trinajstić information content (AvgIpc) is 3.06. The number of alkyl halides is 3. The summed E-state index contributed by atoms with van der Waals surface area (Å²) in [7, 11) is 0. The summed E-state index contributed by atoms with van der Waals surface area (Å²) in [4.78, 5) is 17.1. The summed E-state index contributed by atoms with van der Waals surface area (Å²) in [5.74, 6) is 1.58. The Labute approximate surface area is 180 Å². The van der Waals surface area contributed by atoms with E-state index in [-0.39, 0.29) is 22.3 Å². The highest BCUT2D eigenvalue weighted by atomic mass is 35.5. The number of carbonyl (C=O) groups is 1. The molecule has 1 saturated heterocycles. The minimum Gasteiger partial charge on any atom is -0.322 e. The van der Waals surface area contributed by atoms with E-state index in [0.717, 1.165) is 36.5 Å². The minimum absolute atomic E-state index is 0.144. The maximum atomic E-state index is 12.7. The molecule has 1 aliphatic rings. The molecule has 3 aromatic rings. The number of fused-ring (bicyclic) bond motifs is 1. The molecule has 10 heteroatoms. The fraction of sp³-hybridized carbons (Fsp3) is 0.350. The maximum absolute atomic E-state index is 12.7. The second-order valence-corrected chi connectivity index (χ2v) is 8.69. The van der Waals surface area contributed by atoms with Gasteiger partial charge in [0.2, 0.25) is 0 Å². The van der Waals surface area contributed by atoms with Crippen LogP contribution in [0.1, 0.15) is 40.5 Å². The SMILES string of the molecule is Cc1nn(C2CCSCC2)c2ncc(C(=O)Nc3ccc(C(F)(F)F)cc3)c(Cl)c12. The summed E-state index contributed by atoms with van der Waals surface area (Å²) < 4.78 is 40.0. The molecular weight excluding hydrogens is 437 g/mol. The molecule has 0 radical (unpaired) electrons. The molecule has 0 bridgehead atoms. The molecule has 2 aromatic heterocycles. The first-order valence-corrected chi connectivity index (χ1v) is 10.9. The third-order valence-electron chi connectivity index (χ3n) is 5.08. The van der Waals surface area contributed by atoms with Gasteiger partial charge in [0.25, 0.3) is 5.91 Å². The smallest absolute Gasteiger partial charge is 0.322 e. The van der Waals surface area contributed by atoms with Crippen molar-refractivity contribution in [1.29, 1.82) is 0 Å². The predicted molar refractivity (Wildman–Crippen MR) is 112 cm³/mol. The lowest BCUT2D eigenvalue weighted by Gasteiger charge is -2.22. The van der Waals surface area contributed by atoms with E-state index in [9.17, 15) is 18.0 Å². The molecule has 158 valence electrons. The molecule has 0 atom stereocenters. The Balaban J connectivity index is 1.62. The molecule has 3 heterocycles. The van der Waals surface area contributed by atoms with E-state index < -0.39 is 17.6 Å². The lowest BCUT2D eigenvalue weighted by atomic mass is 10.1. The fourth-order valence-electron chi connectivity index (χ4n) is 3.52. The number of halogens is 4. The molecule has 1 fully saturated rings. The molecule has 1 amide bonds. The molecule has 1 aliphatic heterocycles. The molecular formula is C20H18ClF3N4OS. The van der Waals surface area contributed by atoms with Crippen LogP contribution in [0.3, 0.4) is 0 Å². The zero-order chi connectivity index (χ0) is 21.5. The first kappa shape index (κ1) is 21.0. The van der Waals surface area contributed by atoms with Gasteiger partial charge in [0.15, 0.2) is 5.65 Å². The van der Waals surface area contributed by atoms with Crippen molar-refractivity contribution in [2.75, 3.05) is 16.8 Å². The highest BCUT2D eigenvalue weighted by Gasteiger charge is 2.30. The fourth-order valence-corrected chi connectivity index (χ4v) is 4.95. The predicted octanol–water partition coefficient (Wildman–Crippen LogP) is 5.73. The average molecular weight is 455 g/mol. The van der Waals surface area contributed by atoms with E-state index in [1.807, 2.05) is 23.4 Å². The highest BCUT2D eigenvalue weighted by Crippen LogP contribution is 2.34. The molecule has 30 heavy (non-hydrogen) atoms. The van der Waals surface area contributed by atoms with Gasteiger partial charge in [0.1, 0.15) is 0 Å². The van der Waals surface area contributed by atoms with Gasteiger partial charge in [-0.05, 0) is 55.5 Å². The van der Waals surface area contributed by atoms with Gasteiger partial charge in [-0.3, -0.25) is 4.79 Å². The Morgan fingerprint density at radius 2 is 1.90 bits per heavy atom. The summed E-state index contributed by atoms with van der Waals surface area (Å²) in [6, 6.07) is 4.47.